The highest BCUT2D eigenvalue weighted by atomic mass is 35.5. The lowest BCUT2D eigenvalue weighted by Crippen LogP contribution is -2.56. The lowest BCUT2D eigenvalue weighted by molar-refractivity contribution is -0.137. The Bertz CT molecular complexity index is 1100. The van der Waals surface area contributed by atoms with E-state index in [1.165, 1.54) is 29.6 Å². The molecule has 31 heavy (non-hydrogen) atoms. The number of benzene rings is 2. The number of rotatable bonds is 5. The van der Waals surface area contributed by atoms with E-state index in [1.807, 2.05) is 0 Å². The summed E-state index contributed by atoms with van der Waals surface area (Å²) in [5.74, 6) is 0. The first kappa shape index (κ1) is 23.3. The maximum Gasteiger partial charge on any atom is 0.417 e. The fourth-order valence-corrected chi connectivity index (χ4v) is 5.65. The highest BCUT2D eigenvalue weighted by Crippen LogP contribution is 2.35. The van der Waals surface area contributed by atoms with Gasteiger partial charge in [0.2, 0.25) is 10.0 Å². The van der Waals surface area contributed by atoms with Crippen molar-refractivity contribution in [1.82, 2.24) is 4.31 Å². The number of nitriles is 1. The lowest BCUT2D eigenvalue weighted by atomic mass is 10.1. The van der Waals surface area contributed by atoms with Crippen LogP contribution in [0.3, 0.4) is 0 Å². The highest BCUT2D eigenvalue weighted by Gasteiger charge is 2.38. The van der Waals surface area contributed by atoms with E-state index in [4.69, 9.17) is 21.6 Å². The van der Waals surface area contributed by atoms with Gasteiger partial charge in [-0.15, -0.1) is 0 Å². The van der Waals surface area contributed by atoms with Crippen molar-refractivity contribution in [2.75, 3.05) is 38.3 Å². The smallest absolute Gasteiger partial charge is 0.383 e. The zero-order valence-electron chi connectivity index (χ0n) is 16.4. The second kappa shape index (κ2) is 9.04. The van der Waals surface area contributed by atoms with Gasteiger partial charge < -0.3 is 9.64 Å². The van der Waals surface area contributed by atoms with Crippen molar-refractivity contribution in [2.45, 2.75) is 17.1 Å². The van der Waals surface area contributed by atoms with Crippen molar-refractivity contribution in [1.29, 1.82) is 5.26 Å². The first-order valence-corrected chi connectivity index (χ1v) is 11.0. The number of piperazine rings is 1. The number of alkyl halides is 3. The Morgan fingerprint density at radius 3 is 2.55 bits per heavy atom. The van der Waals surface area contributed by atoms with Crippen LogP contribution in [0.1, 0.15) is 11.1 Å². The second-order valence-corrected chi connectivity index (χ2v) is 9.21. The minimum absolute atomic E-state index is 0.0307. The van der Waals surface area contributed by atoms with Crippen molar-refractivity contribution in [3.05, 3.63) is 58.6 Å². The Kier molecular flexibility index (Phi) is 6.81. The van der Waals surface area contributed by atoms with Gasteiger partial charge in [0, 0.05) is 32.4 Å². The number of nitrogens with zero attached hydrogens (tertiary/aromatic N) is 3. The van der Waals surface area contributed by atoms with Crippen molar-refractivity contribution < 1.29 is 26.3 Å². The van der Waals surface area contributed by atoms with E-state index in [2.05, 4.69) is 0 Å². The van der Waals surface area contributed by atoms with Crippen LogP contribution < -0.4 is 4.90 Å². The molecule has 0 aromatic heterocycles. The third-order valence-corrected chi connectivity index (χ3v) is 7.46. The van der Waals surface area contributed by atoms with E-state index in [9.17, 15) is 21.6 Å². The largest absolute Gasteiger partial charge is 0.417 e. The van der Waals surface area contributed by atoms with E-state index in [0.29, 0.717) is 0 Å². The summed E-state index contributed by atoms with van der Waals surface area (Å²) >= 11 is 6.09. The summed E-state index contributed by atoms with van der Waals surface area (Å²) in [6, 6.07) is 10.4. The molecular formula is C20H19ClF3N3O3S. The SMILES string of the molecule is COCC1CN(c2ccc(C#N)c(C(F)(F)F)c2)CCN1S(=O)(=O)c1ccccc1Cl. The Morgan fingerprint density at radius 2 is 1.94 bits per heavy atom. The van der Waals surface area contributed by atoms with Crippen LogP contribution in [0.15, 0.2) is 47.4 Å². The summed E-state index contributed by atoms with van der Waals surface area (Å²) in [6.45, 7) is 0.347. The van der Waals surface area contributed by atoms with Gasteiger partial charge in [0.1, 0.15) is 4.90 Å². The standard InChI is InChI=1S/C20H19ClF3N3O3S/c1-30-13-16-12-26(15-7-6-14(11-25)17(10-15)20(22,23)24)8-9-27(16)31(28,29)19-5-3-2-4-18(19)21/h2-7,10,16H,8-9,12-13H2,1H3. The second-order valence-electron chi connectivity index (χ2n) is 6.94. The van der Waals surface area contributed by atoms with Crippen molar-refractivity contribution in [3.63, 3.8) is 0 Å². The van der Waals surface area contributed by atoms with Crippen LogP contribution in [0.2, 0.25) is 5.02 Å². The molecule has 0 spiro atoms. The van der Waals surface area contributed by atoms with E-state index in [-0.39, 0.29) is 41.8 Å². The summed E-state index contributed by atoms with van der Waals surface area (Å²) in [6.07, 6.45) is -4.68. The molecule has 0 N–H and O–H groups in total. The van der Waals surface area contributed by atoms with Crippen LogP contribution in [-0.2, 0) is 20.9 Å². The van der Waals surface area contributed by atoms with Gasteiger partial charge in [-0.05, 0) is 30.3 Å². The van der Waals surface area contributed by atoms with Gasteiger partial charge in [-0.1, -0.05) is 23.7 Å². The molecule has 1 heterocycles. The van der Waals surface area contributed by atoms with Crippen LogP contribution in [0, 0.1) is 11.3 Å². The van der Waals surface area contributed by atoms with Gasteiger partial charge in [0.15, 0.2) is 0 Å². The van der Waals surface area contributed by atoms with Crippen molar-refractivity contribution >= 4 is 27.3 Å². The first-order valence-electron chi connectivity index (χ1n) is 9.21. The van der Waals surface area contributed by atoms with Gasteiger partial charge >= 0.3 is 6.18 Å². The van der Waals surface area contributed by atoms with Gasteiger partial charge in [-0.2, -0.15) is 22.7 Å². The summed E-state index contributed by atoms with van der Waals surface area (Å²) in [4.78, 5) is 1.61. The van der Waals surface area contributed by atoms with E-state index in [1.54, 1.807) is 23.1 Å². The van der Waals surface area contributed by atoms with E-state index >= 15 is 0 Å². The molecule has 1 fully saturated rings. The average molecular weight is 474 g/mol. The van der Waals surface area contributed by atoms with E-state index < -0.39 is 33.4 Å². The molecule has 2 aromatic rings. The third kappa shape index (κ3) is 4.80. The number of halogens is 4. The van der Waals surface area contributed by atoms with Crippen LogP contribution in [0.5, 0.6) is 0 Å². The maximum absolute atomic E-state index is 13.3. The molecule has 1 aliphatic heterocycles. The Hall–Kier alpha value is -2.32. The zero-order chi connectivity index (χ0) is 22.8. The highest BCUT2D eigenvalue weighted by molar-refractivity contribution is 7.89. The Labute approximate surface area is 183 Å². The molecule has 1 saturated heterocycles. The van der Waals surface area contributed by atoms with Crippen LogP contribution in [0.4, 0.5) is 18.9 Å². The zero-order valence-corrected chi connectivity index (χ0v) is 18.0. The molecule has 0 aliphatic carbocycles. The third-order valence-electron chi connectivity index (χ3n) is 5.01. The molecule has 0 saturated carbocycles. The first-order chi connectivity index (χ1) is 14.6. The Balaban J connectivity index is 1.92. The molecule has 3 rings (SSSR count). The molecule has 6 nitrogen and oxygen atoms in total. The maximum atomic E-state index is 13.3. The van der Waals surface area contributed by atoms with Crippen LogP contribution in [-0.4, -0.2) is 52.1 Å². The van der Waals surface area contributed by atoms with E-state index in [0.717, 1.165) is 12.1 Å². The molecule has 1 aliphatic rings. The van der Waals surface area contributed by atoms with Crippen molar-refractivity contribution in [2.24, 2.45) is 0 Å². The number of anilines is 1. The minimum Gasteiger partial charge on any atom is -0.383 e. The fraction of sp³-hybridized carbons (Fsp3) is 0.350. The lowest BCUT2D eigenvalue weighted by Gasteiger charge is -2.41. The van der Waals surface area contributed by atoms with Crippen LogP contribution in [0.25, 0.3) is 0 Å². The molecule has 1 unspecified atom stereocenters. The molecule has 0 radical (unpaired) electrons. The quantitative estimate of drug-likeness (QED) is 0.661. The molecule has 1 atom stereocenters. The number of sulfonamides is 1. The van der Waals surface area contributed by atoms with Gasteiger partial charge in [0.05, 0.1) is 34.9 Å². The summed E-state index contributed by atoms with van der Waals surface area (Å²) in [5, 5.41) is 9.07. The minimum atomic E-state index is -4.68. The molecule has 11 heteroatoms. The molecular weight excluding hydrogens is 455 g/mol. The van der Waals surface area contributed by atoms with Gasteiger partial charge in [-0.25, -0.2) is 8.42 Å². The fourth-order valence-electron chi connectivity index (χ4n) is 3.56. The van der Waals surface area contributed by atoms with Crippen molar-refractivity contribution in [3.8, 4) is 6.07 Å². The van der Waals surface area contributed by atoms with Gasteiger partial charge in [0.25, 0.3) is 0 Å². The van der Waals surface area contributed by atoms with Gasteiger partial charge in [-0.3, -0.25) is 0 Å². The number of ether oxygens (including phenoxy) is 1. The number of hydrogen-bond acceptors (Lipinski definition) is 5. The summed E-state index contributed by atoms with van der Waals surface area (Å²) < 4.78 is 72.8. The molecule has 0 bridgehead atoms. The number of hydrogen-bond donors (Lipinski definition) is 0. The predicted octanol–water partition coefficient (Wildman–Crippen LogP) is 3.76. The average Bonchev–Trinajstić information content (AvgIpc) is 2.73. The normalized spacial score (nSPS) is 18.1. The van der Waals surface area contributed by atoms with Crippen LogP contribution >= 0.6 is 11.6 Å². The molecule has 2 aromatic carbocycles. The predicted molar refractivity (Wildman–Crippen MR) is 109 cm³/mol. The number of methoxy groups -OCH3 is 1. The monoisotopic (exact) mass is 473 g/mol. The molecule has 166 valence electrons. The summed E-state index contributed by atoms with van der Waals surface area (Å²) in [5.41, 5.74) is -1.24. The topological polar surface area (TPSA) is 73.6 Å². The Morgan fingerprint density at radius 1 is 1.23 bits per heavy atom. The summed E-state index contributed by atoms with van der Waals surface area (Å²) in [7, 11) is -2.52. The molecule has 0 amide bonds.